The van der Waals surface area contributed by atoms with Gasteiger partial charge in [-0.2, -0.15) is 0 Å². The van der Waals surface area contributed by atoms with Crippen LogP contribution in [0.2, 0.25) is 0 Å². The Hall–Kier alpha value is -1.62. The van der Waals surface area contributed by atoms with Crippen LogP contribution in [0.3, 0.4) is 0 Å². The molecule has 0 aromatic heterocycles. The first-order valence-electron chi connectivity index (χ1n) is 7.60. The van der Waals surface area contributed by atoms with Crippen molar-refractivity contribution in [3.05, 3.63) is 30.1 Å². The van der Waals surface area contributed by atoms with E-state index in [1.807, 2.05) is 0 Å². The summed E-state index contributed by atoms with van der Waals surface area (Å²) in [5.74, 6) is 1.25. The molecular weight excluding hydrogens is 271 g/mol. The zero-order chi connectivity index (χ0) is 14.9. The van der Waals surface area contributed by atoms with Gasteiger partial charge in [0, 0.05) is 6.54 Å². The average molecular weight is 294 g/mol. The van der Waals surface area contributed by atoms with Crippen LogP contribution in [0, 0.1) is 11.7 Å². The second-order valence-electron chi connectivity index (χ2n) is 5.43. The maximum atomic E-state index is 12.7. The van der Waals surface area contributed by atoms with E-state index in [4.69, 9.17) is 4.74 Å². The Morgan fingerprint density at radius 1 is 1.24 bits per heavy atom. The molecule has 2 N–H and O–H groups in total. The van der Waals surface area contributed by atoms with Crippen molar-refractivity contribution in [3.8, 4) is 5.75 Å². The van der Waals surface area contributed by atoms with E-state index in [2.05, 4.69) is 10.6 Å². The van der Waals surface area contributed by atoms with Crippen molar-refractivity contribution in [1.29, 1.82) is 0 Å². The van der Waals surface area contributed by atoms with Crippen LogP contribution in [0.15, 0.2) is 24.3 Å². The molecule has 1 aromatic rings. The van der Waals surface area contributed by atoms with Gasteiger partial charge < -0.3 is 15.4 Å². The monoisotopic (exact) mass is 294 g/mol. The molecule has 1 saturated carbocycles. The standard InChI is InChI=1S/C16H23FN2O2/c17-14-5-7-15(8-6-14)21-10-2-1-9-19-16(20)12-18-11-13-3-4-13/h5-8,13,18H,1-4,9-12H2,(H,19,20). The number of carbonyl (C=O) groups excluding carboxylic acids is 1. The van der Waals surface area contributed by atoms with Gasteiger partial charge in [-0.15, -0.1) is 0 Å². The number of rotatable bonds is 10. The van der Waals surface area contributed by atoms with Gasteiger partial charge in [0.05, 0.1) is 13.2 Å². The van der Waals surface area contributed by atoms with Crippen molar-refractivity contribution in [2.24, 2.45) is 5.92 Å². The molecule has 5 heteroatoms. The first kappa shape index (κ1) is 15.8. The van der Waals surface area contributed by atoms with Crippen molar-refractivity contribution < 1.29 is 13.9 Å². The molecule has 0 unspecified atom stereocenters. The SMILES string of the molecule is O=C(CNCC1CC1)NCCCCOc1ccc(F)cc1. The van der Waals surface area contributed by atoms with E-state index in [1.165, 1.54) is 25.0 Å². The van der Waals surface area contributed by atoms with Crippen LogP contribution in [0.25, 0.3) is 0 Å². The molecule has 4 nitrogen and oxygen atoms in total. The number of ether oxygens (including phenoxy) is 1. The second kappa shape index (κ2) is 8.62. The Balaban J connectivity index is 1.42. The van der Waals surface area contributed by atoms with Crippen LogP contribution in [0.4, 0.5) is 4.39 Å². The first-order valence-corrected chi connectivity index (χ1v) is 7.60. The molecule has 0 radical (unpaired) electrons. The highest BCUT2D eigenvalue weighted by Crippen LogP contribution is 2.27. The van der Waals surface area contributed by atoms with Crippen LogP contribution in [0.1, 0.15) is 25.7 Å². The van der Waals surface area contributed by atoms with Crippen LogP contribution in [-0.4, -0.2) is 32.1 Å². The Morgan fingerprint density at radius 2 is 2.00 bits per heavy atom. The number of nitrogens with one attached hydrogen (secondary N) is 2. The summed E-state index contributed by atoms with van der Waals surface area (Å²) in [5.41, 5.74) is 0. The third kappa shape index (κ3) is 7.09. The Morgan fingerprint density at radius 3 is 2.71 bits per heavy atom. The van der Waals surface area contributed by atoms with Crippen molar-refractivity contribution in [3.63, 3.8) is 0 Å². The lowest BCUT2D eigenvalue weighted by Gasteiger charge is -2.07. The summed E-state index contributed by atoms with van der Waals surface area (Å²) in [6.07, 6.45) is 4.31. The van der Waals surface area contributed by atoms with E-state index < -0.39 is 0 Å². The fraction of sp³-hybridized carbons (Fsp3) is 0.562. The molecule has 1 fully saturated rings. The van der Waals surface area contributed by atoms with E-state index in [1.54, 1.807) is 12.1 Å². The number of halogens is 1. The molecule has 0 saturated heterocycles. The molecule has 21 heavy (non-hydrogen) atoms. The molecule has 1 aliphatic rings. The number of benzene rings is 1. The summed E-state index contributed by atoms with van der Waals surface area (Å²) >= 11 is 0. The van der Waals surface area contributed by atoms with Gasteiger partial charge in [-0.25, -0.2) is 4.39 Å². The molecule has 1 aliphatic carbocycles. The lowest BCUT2D eigenvalue weighted by atomic mass is 10.3. The topological polar surface area (TPSA) is 50.4 Å². The van der Waals surface area contributed by atoms with Crippen LogP contribution < -0.4 is 15.4 Å². The van der Waals surface area contributed by atoms with Crippen molar-refractivity contribution in [2.45, 2.75) is 25.7 Å². The predicted molar refractivity (Wildman–Crippen MR) is 79.7 cm³/mol. The second-order valence-corrected chi connectivity index (χ2v) is 5.43. The van der Waals surface area contributed by atoms with Crippen LogP contribution in [-0.2, 0) is 4.79 Å². The summed E-state index contributed by atoms with van der Waals surface area (Å²) < 4.78 is 18.2. The zero-order valence-electron chi connectivity index (χ0n) is 12.2. The normalized spacial score (nSPS) is 14.0. The average Bonchev–Trinajstić information content (AvgIpc) is 3.29. The molecule has 116 valence electrons. The van der Waals surface area contributed by atoms with Crippen LogP contribution >= 0.6 is 0 Å². The van der Waals surface area contributed by atoms with Gasteiger partial charge in [0.15, 0.2) is 0 Å². The zero-order valence-corrected chi connectivity index (χ0v) is 12.2. The van der Waals surface area contributed by atoms with E-state index >= 15 is 0 Å². The molecule has 1 aromatic carbocycles. The van der Waals surface area contributed by atoms with Crippen molar-refractivity contribution in [1.82, 2.24) is 10.6 Å². The third-order valence-electron chi connectivity index (χ3n) is 3.39. The number of amides is 1. The predicted octanol–water partition coefficient (Wildman–Crippen LogP) is 2.10. The number of hydrogen-bond donors (Lipinski definition) is 2. The van der Waals surface area contributed by atoms with Gasteiger partial charge in [-0.1, -0.05) is 0 Å². The number of hydrogen-bond acceptors (Lipinski definition) is 3. The molecule has 0 atom stereocenters. The van der Waals surface area contributed by atoms with Crippen molar-refractivity contribution in [2.75, 3.05) is 26.2 Å². The van der Waals surface area contributed by atoms with E-state index in [0.717, 1.165) is 25.3 Å². The minimum atomic E-state index is -0.264. The quantitative estimate of drug-likeness (QED) is 0.650. The van der Waals surface area contributed by atoms with Gasteiger partial charge in [0.25, 0.3) is 0 Å². The number of carbonyl (C=O) groups is 1. The lowest BCUT2D eigenvalue weighted by Crippen LogP contribution is -2.35. The summed E-state index contributed by atoms with van der Waals surface area (Å²) in [6.45, 7) is 2.60. The molecule has 0 heterocycles. The number of unbranched alkanes of at least 4 members (excludes halogenated alkanes) is 1. The first-order chi connectivity index (χ1) is 10.2. The minimum Gasteiger partial charge on any atom is -0.494 e. The fourth-order valence-corrected chi connectivity index (χ4v) is 1.95. The largest absolute Gasteiger partial charge is 0.494 e. The Bertz CT molecular complexity index is 432. The Labute approximate surface area is 125 Å². The molecule has 2 rings (SSSR count). The Kier molecular flexibility index (Phi) is 6.47. The molecule has 0 aliphatic heterocycles. The van der Waals surface area contributed by atoms with Gasteiger partial charge in [-0.3, -0.25) is 4.79 Å². The molecule has 0 bridgehead atoms. The highest BCUT2D eigenvalue weighted by atomic mass is 19.1. The van der Waals surface area contributed by atoms with Gasteiger partial charge in [0.2, 0.25) is 5.91 Å². The highest BCUT2D eigenvalue weighted by Gasteiger charge is 2.20. The summed E-state index contributed by atoms with van der Waals surface area (Å²) in [5, 5.41) is 6.03. The van der Waals surface area contributed by atoms with Gasteiger partial charge >= 0.3 is 0 Å². The maximum Gasteiger partial charge on any atom is 0.233 e. The van der Waals surface area contributed by atoms with Gasteiger partial charge in [-0.05, 0) is 62.4 Å². The van der Waals surface area contributed by atoms with Gasteiger partial charge in [0.1, 0.15) is 11.6 Å². The lowest BCUT2D eigenvalue weighted by molar-refractivity contribution is -0.120. The van der Waals surface area contributed by atoms with Crippen LogP contribution in [0.5, 0.6) is 5.75 Å². The van der Waals surface area contributed by atoms with Crippen molar-refractivity contribution >= 4 is 5.91 Å². The van der Waals surface area contributed by atoms with E-state index in [0.29, 0.717) is 25.4 Å². The van der Waals surface area contributed by atoms with E-state index in [-0.39, 0.29) is 11.7 Å². The van der Waals surface area contributed by atoms with E-state index in [9.17, 15) is 9.18 Å². The summed E-state index contributed by atoms with van der Waals surface area (Å²) in [4.78, 5) is 11.5. The fourth-order valence-electron chi connectivity index (χ4n) is 1.95. The molecular formula is C16H23FN2O2. The maximum absolute atomic E-state index is 12.7. The third-order valence-corrected chi connectivity index (χ3v) is 3.39. The minimum absolute atomic E-state index is 0.0510. The molecule has 0 spiro atoms. The highest BCUT2D eigenvalue weighted by molar-refractivity contribution is 5.77. The summed E-state index contributed by atoms with van der Waals surface area (Å²) in [7, 11) is 0. The molecule has 1 amide bonds. The smallest absolute Gasteiger partial charge is 0.233 e. The summed E-state index contributed by atoms with van der Waals surface area (Å²) in [6, 6.07) is 5.99.